The van der Waals surface area contributed by atoms with Crippen molar-refractivity contribution in [1.82, 2.24) is 0 Å². The third kappa shape index (κ3) is 6.09. The predicted octanol–water partition coefficient (Wildman–Crippen LogP) is 2.58. The SMILES string of the molecule is CC(=O)OC(/C=C/C1CCCCC1)OC(C)=O. The van der Waals surface area contributed by atoms with Gasteiger partial charge in [0.25, 0.3) is 6.29 Å². The van der Waals surface area contributed by atoms with Crippen LogP contribution in [0.5, 0.6) is 0 Å². The number of rotatable bonds is 4. The van der Waals surface area contributed by atoms with Gasteiger partial charge in [0.15, 0.2) is 0 Å². The lowest BCUT2D eigenvalue weighted by molar-refractivity contribution is -0.176. The summed E-state index contributed by atoms with van der Waals surface area (Å²) in [6.07, 6.45) is 8.86. The maximum Gasteiger partial charge on any atom is 0.305 e. The van der Waals surface area contributed by atoms with Crippen LogP contribution in [0.2, 0.25) is 0 Å². The van der Waals surface area contributed by atoms with Gasteiger partial charge in [-0.25, -0.2) is 0 Å². The van der Waals surface area contributed by atoms with E-state index in [0.717, 1.165) is 12.8 Å². The molecule has 0 aliphatic heterocycles. The van der Waals surface area contributed by atoms with Crippen molar-refractivity contribution in [3.05, 3.63) is 12.2 Å². The highest BCUT2D eigenvalue weighted by Gasteiger charge is 2.14. The Hall–Kier alpha value is -1.32. The lowest BCUT2D eigenvalue weighted by Crippen LogP contribution is -2.20. The van der Waals surface area contributed by atoms with Crippen LogP contribution in [0, 0.1) is 5.92 Å². The molecule has 0 saturated heterocycles. The van der Waals surface area contributed by atoms with Crippen molar-refractivity contribution in [2.45, 2.75) is 52.2 Å². The van der Waals surface area contributed by atoms with Crippen molar-refractivity contribution in [2.24, 2.45) is 5.92 Å². The van der Waals surface area contributed by atoms with Crippen LogP contribution >= 0.6 is 0 Å². The van der Waals surface area contributed by atoms with E-state index in [1.165, 1.54) is 33.1 Å². The van der Waals surface area contributed by atoms with E-state index in [2.05, 4.69) is 0 Å². The van der Waals surface area contributed by atoms with Crippen LogP contribution < -0.4 is 0 Å². The lowest BCUT2D eigenvalue weighted by atomic mass is 9.89. The molecule has 96 valence electrons. The van der Waals surface area contributed by atoms with Gasteiger partial charge < -0.3 is 9.47 Å². The third-order valence-electron chi connectivity index (χ3n) is 2.75. The van der Waals surface area contributed by atoms with Crippen molar-refractivity contribution in [1.29, 1.82) is 0 Å². The first-order valence-corrected chi connectivity index (χ1v) is 6.10. The molecule has 1 fully saturated rings. The largest absolute Gasteiger partial charge is 0.421 e. The Bertz CT molecular complexity index is 274. The number of allylic oxidation sites excluding steroid dienone is 1. The summed E-state index contributed by atoms with van der Waals surface area (Å²) in [5.74, 6) is -0.397. The van der Waals surface area contributed by atoms with Crippen LogP contribution in [0.1, 0.15) is 46.0 Å². The highest BCUT2D eigenvalue weighted by atomic mass is 16.7. The van der Waals surface area contributed by atoms with Crippen LogP contribution in [0.15, 0.2) is 12.2 Å². The molecule has 0 spiro atoms. The minimum Gasteiger partial charge on any atom is -0.421 e. The Morgan fingerprint density at radius 2 is 1.59 bits per heavy atom. The Labute approximate surface area is 102 Å². The van der Waals surface area contributed by atoms with Gasteiger partial charge in [0.2, 0.25) is 0 Å². The maximum atomic E-state index is 10.8. The Balaban J connectivity index is 2.47. The molecule has 0 aromatic carbocycles. The second kappa shape index (κ2) is 7.09. The Kier molecular flexibility index (Phi) is 5.73. The van der Waals surface area contributed by atoms with E-state index in [9.17, 15) is 9.59 Å². The number of hydrogen-bond donors (Lipinski definition) is 0. The fraction of sp³-hybridized carbons (Fsp3) is 0.692. The van der Waals surface area contributed by atoms with E-state index in [1.54, 1.807) is 6.08 Å². The van der Waals surface area contributed by atoms with Gasteiger partial charge in [-0.2, -0.15) is 0 Å². The van der Waals surface area contributed by atoms with E-state index in [-0.39, 0.29) is 0 Å². The molecule has 0 heterocycles. The molecule has 0 amide bonds. The zero-order chi connectivity index (χ0) is 12.7. The first-order valence-electron chi connectivity index (χ1n) is 6.10. The molecule has 1 rings (SSSR count). The molecule has 4 heteroatoms. The molecular formula is C13H20O4. The maximum absolute atomic E-state index is 10.8. The molecule has 0 aromatic heterocycles. The highest BCUT2D eigenvalue weighted by Crippen LogP contribution is 2.24. The van der Waals surface area contributed by atoms with Gasteiger partial charge in [-0.15, -0.1) is 0 Å². The first kappa shape index (κ1) is 13.7. The summed E-state index contributed by atoms with van der Waals surface area (Å²) in [6.45, 7) is 2.59. The van der Waals surface area contributed by atoms with Gasteiger partial charge in [-0.3, -0.25) is 9.59 Å². The molecule has 1 aliphatic rings. The second-order valence-corrected chi connectivity index (χ2v) is 4.37. The van der Waals surface area contributed by atoms with E-state index in [0.29, 0.717) is 5.92 Å². The molecule has 0 atom stereocenters. The summed E-state index contributed by atoms with van der Waals surface area (Å²) in [7, 11) is 0. The van der Waals surface area contributed by atoms with Crippen molar-refractivity contribution in [3.63, 3.8) is 0 Å². The zero-order valence-electron chi connectivity index (χ0n) is 10.5. The highest BCUT2D eigenvalue weighted by molar-refractivity contribution is 5.68. The number of ether oxygens (including phenoxy) is 2. The van der Waals surface area contributed by atoms with Crippen LogP contribution in [-0.2, 0) is 19.1 Å². The number of esters is 2. The molecule has 4 nitrogen and oxygen atoms in total. The quantitative estimate of drug-likeness (QED) is 0.430. The predicted molar refractivity (Wildman–Crippen MR) is 63.0 cm³/mol. The second-order valence-electron chi connectivity index (χ2n) is 4.37. The molecule has 0 aromatic rings. The van der Waals surface area contributed by atoms with E-state index in [1.807, 2.05) is 6.08 Å². The summed E-state index contributed by atoms with van der Waals surface area (Å²) in [5, 5.41) is 0. The van der Waals surface area contributed by atoms with Crippen LogP contribution in [-0.4, -0.2) is 18.2 Å². The minimum atomic E-state index is -0.882. The summed E-state index contributed by atoms with van der Waals surface area (Å²) in [5.41, 5.74) is 0. The molecule has 0 N–H and O–H groups in total. The smallest absolute Gasteiger partial charge is 0.305 e. The van der Waals surface area contributed by atoms with Crippen LogP contribution in [0.25, 0.3) is 0 Å². The van der Waals surface area contributed by atoms with Crippen LogP contribution in [0.4, 0.5) is 0 Å². The van der Waals surface area contributed by atoms with Crippen molar-refractivity contribution >= 4 is 11.9 Å². The summed E-state index contributed by atoms with van der Waals surface area (Å²) in [6, 6.07) is 0. The molecule has 0 bridgehead atoms. The van der Waals surface area contributed by atoms with Gasteiger partial charge in [0, 0.05) is 13.8 Å². The van der Waals surface area contributed by atoms with E-state index in [4.69, 9.17) is 9.47 Å². The molecule has 1 saturated carbocycles. The van der Waals surface area contributed by atoms with E-state index >= 15 is 0 Å². The number of hydrogen-bond acceptors (Lipinski definition) is 4. The third-order valence-corrected chi connectivity index (χ3v) is 2.75. The molecule has 0 radical (unpaired) electrons. The average Bonchev–Trinajstić information content (AvgIpc) is 2.26. The fourth-order valence-corrected chi connectivity index (χ4v) is 2.00. The Morgan fingerprint density at radius 3 is 2.06 bits per heavy atom. The topological polar surface area (TPSA) is 52.6 Å². The van der Waals surface area contributed by atoms with Gasteiger partial charge in [0.1, 0.15) is 0 Å². The van der Waals surface area contributed by atoms with Crippen molar-refractivity contribution in [2.75, 3.05) is 0 Å². The minimum absolute atomic E-state index is 0.454. The zero-order valence-corrected chi connectivity index (χ0v) is 10.5. The van der Waals surface area contributed by atoms with Crippen molar-refractivity contribution < 1.29 is 19.1 Å². The van der Waals surface area contributed by atoms with Crippen LogP contribution in [0.3, 0.4) is 0 Å². The monoisotopic (exact) mass is 240 g/mol. The normalized spacial score (nSPS) is 17.4. The average molecular weight is 240 g/mol. The standard InChI is InChI=1S/C13H20O4/c1-10(14)16-13(17-11(2)15)9-8-12-6-4-3-5-7-12/h8-9,12-13H,3-7H2,1-2H3/b9-8+. The summed E-state index contributed by atoms with van der Waals surface area (Å²) < 4.78 is 9.77. The summed E-state index contributed by atoms with van der Waals surface area (Å²) in [4.78, 5) is 21.7. The molecule has 0 unspecified atom stereocenters. The molecule has 17 heavy (non-hydrogen) atoms. The van der Waals surface area contributed by atoms with Gasteiger partial charge in [-0.1, -0.05) is 25.3 Å². The van der Waals surface area contributed by atoms with Gasteiger partial charge >= 0.3 is 11.9 Å². The fourth-order valence-electron chi connectivity index (χ4n) is 2.00. The molecule has 1 aliphatic carbocycles. The van der Waals surface area contributed by atoms with E-state index < -0.39 is 18.2 Å². The number of carbonyl (C=O) groups is 2. The first-order chi connectivity index (χ1) is 8.08. The molecular weight excluding hydrogens is 220 g/mol. The number of carbonyl (C=O) groups excluding carboxylic acids is 2. The summed E-state index contributed by atoms with van der Waals surface area (Å²) >= 11 is 0. The van der Waals surface area contributed by atoms with Gasteiger partial charge in [-0.05, 0) is 24.8 Å². The lowest BCUT2D eigenvalue weighted by Gasteiger charge is -2.19. The van der Waals surface area contributed by atoms with Gasteiger partial charge in [0.05, 0.1) is 0 Å². The van der Waals surface area contributed by atoms with Crippen molar-refractivity contribution in [3.8, 4) is 0 Å². The Morgan fingerprint density at radius 1 is 1.06 bits per heavy atom.